The Balaban J connectivity index is 1.63. The van der Waals surface area contributed by atoms with E-state index >= 15 is 0 Å². The second-order valence-corrected chi connectivity index (χ2v) is 5.75. The van der Waals surface area contributed by atoms with Crippen molar-refractivity contribution in [3.05, 3.63) is 42.5 Å². The van der Waals surface area contributed by atoms with Gasteiger partial charge in [0.15, 0.2) is 0 Å². The molecule has 2 aromatic heterocycles. The predicted octanol–water partition coefficient (Wildman–Crippen LogP) is 2.75. The minimum atomic E-state index is -4.50. The molecular formula is C16H16F3N5O. The summed E-state index contributed by atoms with van der Waals surface area (Å²) < 4.78 is 37.5. The predicted molar refractivity (Wildman–Crippen MR) is 84.8 cm³/mol. The van der Waals surface area contributed by atoms with Crippen LogP contribution in [-0.2, 0) is 11.0 Å². The van der Waals surface area contributed by atoms with E-state index in [2.05, 4.69) is 20.3 Å². The Kier molecular flexibility index (Phi) is 4.82. The molecule has 1 amide bonds. The Morgan fingerprint density at radius 3 is 2.60 bits per heavy atom. The highest BCUT2D eigenvalue weighted by Gasteiger charge is 2.32. The first-order valence-electron chi connectivity index (χ1n) is 7.79. The molecule has 1 unspecified atom stereocenters. The Bertz CT molecular complexity index is 721. The molecule has 1 saturated heterocycles. The summed E-state index contributed by atoms with van der Waals surface area (Å²) in [7, 11) is 0. The van der Waals surface area contributed by atoms with Crippen LogP contribution in [0.4, 0.5) is 24.8 Å². The minimum absolute atomic E-state index is 0.242. The minimum Gasteiger partial charge on any atom is -0.340 e. The first-order chi connectivity index (χ1) is 11.9. The van der Waals surface area contributed by atoms with E-state index in [-0.39, 0.29) is 17.5 Å². The summed E-state index contributed by atoms with van der Waals surface area (Å²) in [6.45, 7) is 1.22. The Hall–Kier alpha value is -2.71. The van der Waals surface area contributed by atoms with Gasteiger partial charge in [-0.3, -0.25) is 4.79 Å². The number of piperidine rings is 1. The first kappa shape index (κ1) is 17.1. The molecule has 1 atom stereocenters. The Labute approximate surface area is 142 Å². The number of hydrogen-bond acceptors (Lipinski definition) is 5. The summed E-state index contributed by atoms with van der Waals surface area (Å²) in [5.74, 6) is 0.0261. The van der Waals surface area contributed by atoms with Gasteiger partial charge >= 0.3 is 6.18 Å². The number of amides is 1. The van der Waals surface area contributed by atoms with Crippen LogP contribution in [0, 0.1) is 5.92 Å². The lowest BCUT2D eigenvalue weighted by atomic mass is 9.97. The van der Waals surface area contributed by atoms with Crippen molar-refractivity contribution in [3.8, 4) is 0 Å². The Morgan fingerprint density at radius 1 is 1.20 bits per heavy atom. The number of anilines is 2. The quantitative estimate of drug-likeness (QED) is 0.921. The molecule has 1 fully saturated rings. The summed E-state index contributed by atoms with van der Waals surface area (Å²) in [6, 6.07) is 3.77. The third-order valence-corrected chi connectivity index (χ3v) is 3.95. The lowest BCUT2D eigenvalue weighted by molar-refractivity contribution is -0.141. The van der Waals surface area contributed by atoms with Gasteiger partial charge in [-0.25, -0.2) is 15.0 Å². The van der Waals surface area contributed by atoms with Crippen molar-refractivity contribution in [1.29, 1.82) is 0 Å². The van der Waals surface area contributed by atoms with Crippen molar-refractivity contribution in [2.75, 3.05) is 23.3 Å². The summed E-state index contributed by atoms with van der Waals surface area (Å²) in [4.78, 5) is 26.0. The van der Waals surface area contributed by atoms with Crippen LogP contribution >= 0.6 is 0 Å². The zero-order chi connectivity index (χ0) is 17.9. The monoisotopic (exact) mass is 351 g/mol. The molecule has 1 aliphatic rings. The van der Waals surface area contributed by atoms with Crippen molar-refractivity contribution in [2.45, 2.75) is 19.0 Å². The fourth-order valence-electron chi connectivity index (χ4n) is 2.71. The largest absolute Gasteiger partial charge is 0.433 e. The molecule has 0 saturated carbocycles. The molecule has 0 aromatic carbocycles. The summed E-state index contributed by atoms with van der Waals surface area (Å²) in [6.07, 6.45) is 1.30. The van der Waals surface area contributed by atoms with Gasteiger partial charge in [-0.05, 0) is 31.0 Å². The number of nitrogens with one attached hydrogen (secondary N) is 1. The molecule has 25 heavy (non-hydrogen) atoms. The van der Waals surface area contributed by atoms with Crippen molar-refractivity contribution in [1.82, 2.24) is 15.0 Å². The molecule has 0 bridgehead atoms. The van der Waals surface area contributed by atoms with Crippen molar-refractivity contribution in [3.63, 3.8) is 0 Å². The fourth-order valence-corrected chi connectivity index (χ4v) is 2.71. The van der Waals surface area contributed by atoms with E-state index in [9.17, 15) is 18.0 Å². The molecule has 0 aliphatic carbocycles. The van der Waals surface area contributed by atoms with Crippen LogP contribution in [0.2, 0.25) is 0 Å². The average molecular weight is 351 g/mol. The summed E-state index contributed by atoms with van der Waals surface area (Å²) in [5.41, 5.74) is -0.748. The highest BCUT2D eigenvalue weighted by atomic mass is 19.4. The van der Waals surface area contributed by atoms with E-state index in [4.69, 9.17) is 0 Å². The third kappa shape index (κ3) is 4.23. The maximum atomic E-state index is 12.5. The highest BCUT2D eigenvalue weighted by molar-refractivity contribution is 5.92. The molecule has 0 spiro atoms. The molecule has 6 nitrogen and oxygen atoms in total. The second-order valence-electron chi connectivity index (χ2n) is 5.75. The number of aromatic nitrogens is 3. The number of pyridine rings is 1. The second kappa shape index (κ2) is 7.04. The van der Waals surface area contributed by atoms with E-state index in [1.165, 1.54) is 6.07 Å². The average Bonchev–Trinajstić information content (AvgIpc) is 2.62. The van der Waals surface area contributed by atoms with Crippen molar-refractivity contribution >= 4 is 17.5 Å². The molecule has 1 aliphatic heterocycles. The van der Waals surface area contributed by atoms with E-state index < -0.39 is 11.9 Å². The standard InChI is InChI=1S/C16H16F3N5O/c17-16(18,19)13-5-4-12(9-22-13)23-14(25)11-3-1-8-24(10-11)15-20-6-2-7-21-15/h2,4-7,9,11H,1,3,8,10H2,(H,23,25). The van der Waals surface area contributed by atoms with E-state index in [1.54, 1.807) is 18.5 Å². The van der Waals surface area contributed by atoms with Gasteiger partial charge in [0.1, 0.15) is 5.69 Å². The molecule has 132 valence electrons. The van der Waals surface area contributed by atoms with Gasteiger partial charge in [0.2, 0.25) is 11.9 Å². The third-order valence-electron chi connectivity index (χ3n) is 3.95. The van der Waals surface area contributed by atoms with E-state index in [0.29, 0.717) is 18.9 Å². The van der Waals surface area contributed by atoms with Gasteiger partial charge in [0.25, 0.3) is 0 Å². The normalized spacial score (nSPS) is 18.0. The number of hydrogen-bond donors (Lipinski definition) is 1. The number of rotatable bonds is 3. The SMILES string of the molecule is O=C(Nc1ccc(C(F)(F)F)nc1)C1CCCN(c2ncccn2)C1. The molecule has 1 N–H and O–H groups in total. The first-order valence-corrected chi connectivity index (χ1v) is 7.79. The van der Waals surface area contributed by atoms with Crippen LogP contribution in [0.25, 0.3) is 0 Å². The van der Waals surface area contributed by atoms with Gasteiger partial charge in [-0.15, -0.1) is 0 Å². The van der Waals surface area contributed by atoms with Gasteiger partial charge in [-0.2, -0.15) is 13.2 Å². The number of halogens is 3. The number of alkyl halides is 3. The summed E-state index contributed by atoms with van der Waals surface area (Å²) >= 11 is 0. The highest BCUT2D eigenvalue weighted by Crippen LogP contribution is 2.28. The van der Waals surface area contributed by atoms with Crippen LogP contribution in [-0.4, -0.2) is 33.9 Å². The number of nitrogens with zero attached hydrogens (tertiary/aromatic N) is 4. The lowest BCUT2D eigenvalue weighted by Crippen LogP contribution is -2.41. The molecule has 9 heteroatoms. The Morgan fingerprint density at radius 2 is 1.96 bits per heavy atom. The van der Waals surface area contributed by atoms with Gasteiger partial charge < -0.3 is 10.2 Å². The van der Waals surface area contributed by atoms with Gasteiger partial charge in [0, 0.05) is 25.5 Å². The zero-order valence-electron chi connectivity index (χ0n) is 13.2. The van der Waals surface area contributed by atoms with Crippen molar-refractivity contribution in [2.24, 2.45) is 5.92 Å². The molecular weight excluding hydrogens is 335 g/mol. The summed E-state index contributed by atoms with van der Waals surface area (Å²) in [5, 5.41) is 2.63. The van der Waals surface area contributed by atoms with E-state index in [1.807, 2.05) is 4.90 Å². The zero-order valence-corrected chi connectivity index (χ0v) is 13.2. The van der Waals surface area contributed by atoms with Crippen LogP contribution in [0.3, 0.4) is 0 Å². The fraction of sp³-hybridized carbons (Fsp3) is 0.375. The van der Waals surface area contributed by atoms with Crippen LogP contribution < -0.4 is 10.2 Å². The topological polar surface area (TPSA) is 71.0 Å². The van der Waals surface area contributed by atoms with Crippen molar-refractivity contribution < 1.29 is 18.0 Å². The smallest absolute Gasteiger partial charge is 0.340 e. The van der Waals surface area contributed by atoms with Crippen LogP contribution in [0.1, 0.15) is 18.5 Å². The van der Waals surface area contributed by atoms with Gasteiger partial charge in [-0.1, -0.05) is 0 Å². The molecule has 2 aromatic rings. The van der Waals surface area contributed by atoms with E-state index in [0.717, 1.165) is 25.2 Å². The maximum Gasteiger partial charge on any atom is 0.433 e. The van der Waals surface area contributed by atoms with Crippen LogP contribution in [0.15, 0.2) is 36.8 Å². The lowest BCUT2D eigenvalue weighted by Gasteiger charge is -2.31. The van der Waals surface area contributed by atoms with Gasteiger partial charge in [0.05, 0.1) is 17.8 Å². The molecule has 3 heterocycles. The van der Waals surface area contributed by atoms with Crippen LogP contribution in [0.5, 0.6) is 0 Å². The molecule has 3 rings (SSSR count). The molecule has 0 radical (unpaired) electrons. The number of carbonyl (C=O) groups is 1. The number of carbonyl (C=O) groups excluding carboxylic acids is 1. The maximum absolute atomic E-state index is 12.5.